The Labute approximate surface area is 114 Å². The zero-order valence-corrected chi connectivity index (χ0v) is 11.7. The maximum atomic E-state index is 11.6. The average Bonchev–Trinajstić information content (AvgIpc) is 2.39. The summed E-state index contributed by atoms with van der Waals surface area (Å²) in [5.41, 5.74) is 5.56. The van der Waals surface area contributed by atoms with Crippen molar-refractivity contribution in [2.24, 2.45) is 5.73 Å². The molecule has 106 valence electrons. The van der Waals surface area contributed by atoms with Crippen LogP contribution in [-0.2, 0) is 0 Å². The van der Waals surface area contributed by atoms with Crippen molar-refractivity contribution >= 4 is 5.82 Å². The van der Waals surface area contributed by atoms with E-state index in [-0.39, 0.29) is 5.56 Å². The van der Waals surface area contributed by atoms with Crippen LogP contribution < -0.4 is 16.2 Å². The van der Waals surface area contributed by atoms with E-state index in [9.17, 15) is 4.79 Å². The van der Waals surface area contributed by atoms with Crippen LogP contribution in [0.25, 0.3) is 0 Å². The number of rotatable bonds is 5. The molecule has 1 aromatic rings. The highest BCUT2D eigenvalue weighted by molar-refractivity contribution is 5.39. The maximum absolute atomic E-state index is 11.6. The first kappa shape index (κ1) is 14.1. The van der Waals surface area contributed by atoms with Crippen molar-refractivity contribution in [3.63, 3.8) is 0 Å². The summed E-state index contributed by atoms with van der Waals surface area (Å²) in [6.07, 6.45) is 7.18. The first-order valence-electron chi connectivity index (χ1n) is 7.25. The molecule has 1 aliphatic carbocycles. The Morgan fingerprint density at radius 2 is 2.16 bits per heavy atom. The van der Waals surface area contributed by atoms with Crippen molar-refractivity contribution < 1.29 is 0 Å². The van der Waals surface area contributed by atoms with Gasteiger partial charge >= 0.3 is 0 Å². The van der Waals surface area contributed by atoms with Crippen LogP contribution in [0.3, 0.4) is 0 Å². The van der Waals surface area contributed by atoms with E-state index >= 15 is 0 Å². The third-order valence-electron chi connectivity index (χ3n) is 3.76. The van der Waals surface area contributed by atoms with Gasteiger partial charge in [0.05, 0.1) is 0 Å². The van der Waals surface area contributed by atoms with Gasteiger partial charge in [-0.2, -0.15) is 0 Å². The largest absolute Gasteiger partial charge is 0.353 e. The molecule has 5 heteroatoms. The SMILES string of the molecule is Cc1nc(N(CCCN)C2CCCCC2)cc(=O)[nH]1. The predicted octanol–water partition coefficient (Wildman–Crippen LogP) is 1.57. The Morgan fingerprint density at radius 3 is 2.79 bits per heavy atom. The van der Waals surface area contributed by atoms with Crippen LogP contribution in [0.5, 0.6) is 0 Å². The first-order chi connectivity index (χ1) is 9.20. The number of H-pyrrole nitrogens is 1. The fourth-order valence-electron chi connectivity index (χ4n) is 2.85. The number of aryl methyl sites for hydroxylation is 1. The van der Waals surface area contributed by atoms with E-state index in [2.05, 4.69) is 14.9 Å². The zero-order chi connectivity index (χ0) is 13.7. The summed E-state index contributed by atoms with van der Waals surface area (Å²) >= 11 is 0. The van der Waals surface area contributed by atoms with Gasteiger partial charge in [0.2, 0.25) is 0 Å². The van der Waals surface area contributed by atoms with Crippen LogP contribution in [0, 0.1) is 6.92 Å². The summed E-state index contributed by atoms with van der Waals surface area (Å²) in [6.45, 7) is 3.38. The molecular weight excluding hydrogens is 240 g/mol. The van der Waals surface area contributed by atoms with E-state index < -0.39 is 0 Å². The second-order valence-corrected chi connectivity index (χ2v) is 5.32. The topological polar surface area (TPSA) is 75.0 Å². The van der Waals surface area contributed by atoms with Gasteiger partial charge in [-0.3, -0.25) is 4.79 Å². The van der Waals surface area contributed by atoms with E-state index in [1.54, 1.807) is 6.07 Å². The standard InChI is InChI=1S/C14H24N4O/c1-11-16-13(10-14(19)17-11)18(9-5-8-15)12-6-3-2-4-7-12/h10,12H,2-9,15H2,1H3,(H,16,17,19). The molecule has 0 amide bonds. The van der Waals surface area contributed by atoms with Crippen LogP contribution in [-0.4, -0.2) is 29.1 Å². The quantitative estimate of drug-likeness (QED) is 0.846. The third kappa shape index (κ3) is 3.80. The molecule has 1 heterocycles. The Balaban J connectivity index is 2.22. The minimum atomic E-state index is -0.0731. The monoisotopic (exact) mass is 264 g/mol. The highest BCUT2D eigenvalue weighted by Gasteiger charge is 2.22. The average molecular weight is 264 g/mol. The summed E-state index contributed by atoms with van der Waals surface area (Å²) in [5, 5.41) is 0. The maximum Gasteiger partial charge on any atom is 0.252 e. The van der Waals surface area contributed by atoms with Gasteiger partial charge in [0.25, 0.3) is 5.56 Å². The summed E-state index contributed by atoms with van der Waals surface area (Å²) in [7, 11) is 0. The van der Waals surface area contributed by atoms with Crippen LogP contribution >= 0.6 is 0 Å². The molecule has 0 atom stereocenters. The molecule has 1 fully saturated rings. The molecule has 2 rings (SSSR count). The molecule has 3 N–H and O–H groups in total. The van der Waals surface area contributed by atoms with Crippen LogP contribution in [0.2, 0.25) is 0 Å². The first-order valence-corrected chi connectivity index (χ1v) is 7.25. The molecule has 19 heavy (non-hydrogen) atoms. The lowest BCUT2D eigenvalue weighted by molar-refractivity contribution is 0.410. The molecule has 0 aromatic carbocycles. The van der Waals surface area contributed by atoms with E-state index in [0.717, 1.165) is 18.8 Å². The van der Waals surface area contributed by atoms with Crippen LogP contribution in [0.1, 0.15) is 44.3 Å². The molecule has 5 nitrogen and oxygen atoms in total. The number of hydrogen-bond donors (Lipinski definition) is 2. The molecule has 1 aliphatic rings. The highest BCUT2D eigenvalue weighted by Crippen LogP contribution is 2.25. The van der Waals surface area contributed by atoms with Crippen LogP contribution in [0.4, 0.5) is 5.82 Å². The number of aromatic nitrogens is 2. The Bertz CT molecular complexity index is 451. The zero-order valence-electron chi connectivity index (χ0n) is 11.7. The summed E-state index contributed by atoms with van der Waals surface area (Å²) in [6, 6.07) is 2.12. The van der Waals surface area contributed by atoms with Gasteiger partial charge in [-0.05, 0) is 32.7 Å². The van der Waals surface area contributed by atoms with Crippen molar-refractivity contribution in [3.05, 3.63) is 22.2 Å². The number of hydrogen-bond acceptors (Lipinski definition) is 4. The number of nitrogens with two attached hydrogens (primary N) is 1. The van der Waals surface area contributed by atoms with E-state index in [1.165, 1.54) is 32.1 Å². The van der Waals surface area contributed by atoms with Gasteiger partial charge < -0.3 is 15.6 Å². The Hall–Kier alpha value is -1.36. The normalized spacial score (nSPS) is 16.5. The van der Waals surface area contributed by atoms with E-state index in [4.69, 9.17) is 5.73 Å². The van der Waals surface area contributed by atoms with E-state index in [0.29, 0.717) is 18.4 Å². The summed E-state index contributed by atoms with van der Waals surface area (Å²) < 4.78 is 0. The van der Waals surface area contributed by atoms with E-state index in [1.807, 2.05) is 6.92 Å². The molecule has 0 spiro atoms. The van der Waals surface area contributed by atoms with Gasteiger partial charge in [-0.1, -0.05) is 19.3 Å². The van der Waals surface area contributed by atoms with Crippen molar-refractivity contribution in [1.29, 1.82) is 0 Å². The summed E-state index contributed by atoms with van der Waals surface area (Å²) in [5.74, 6) is 1.48. The third-order valence-corrected chi connectivity index (χ3v) is 3.76. The summed E-state index contributed by atoms with van der Waals surface area (Å²) in [4.78, 5) is 21.1. The van der Waals surface area contributed by atoms with Crippen molar-refractivity contribution in [1.82, 2.24) is 9.97 Å². The molecule has 0 unspecified atom stereocenters. The van der Waals surface area contributed by atoms with Crippen molar-refractivity contribution in [2.75, 3.05) is 18.0 Å². The van der Waals surface area contributed by atoms with Gasteiger partial charge in [0.1, 0.15) is 11.6 Å². The Morgan fingerprint density at radius 1 is 1.42 bits per heavy atom. The minimum absolute atomic E-state index is 0.0731. The fourth-order valence-corrected chi connectivity index (χ4v) is 2.85. The molecule has 0 bridgehead atoms. The minimum Gasteiger partial charge on any atom is -0.353 e. The van der Waals surface area contributed by atoms with Crippen molar-refractivity contribution in [2.45, 2.75) is 51.5 Å². The lowest BCUT2D eigenvalue weighted by Gasteiger charge is -2.35. The molecule has 1 aromatic heterocycles. The lowest BCUT2D eigenvalue weighted by Crippen LogP contribution is -2.39. The number of nitrogens with one attached hydrogen (secondary N) is 1. The van der Waals surface area contributed by atoms with Gasteiger partial charge in [-0.25, -0.2) is 4.98 Å². The number of nitrogens with zero attached hydrogens (tertiary/aromatic N) is 2. The number of anilines is 1. The van der Waals surface area contributed by atoms with Gasteiger partial charge in [-0.15, -0.1) is 0 Å². The lowest BCUT2D eigenvalue weighted by atomic mass is 9.94. The molecule has 0 aliphatic heterocycles. The smallest absolute Gasteiger partial charge is 0.252 e. The second kappa shape index (κ2) is 6.70. The Kier molecular flexibility index (Phi) is 4.96. The molecule has 0 radical (unpaired) electrons. The van der Waals surface area contributed by atoms with Gasteiger partial charge in [0, 0.05) is 18.7 Å². The highest BCUT2D eigenvalue weighted by atomic mass is 16.1. The molecular formula is C14H24N4O. The molecule has 1 saturated carbocycles. The molecule has 0 saturated heterocycles. The fraction of sp³-hybridized carbons (Fsp3) is 0.714. The number of aromatic amines is 1. The van der Waals surface area contributed by atoms with Gasteiger partial charge in [0.15, 0.2) is 0 Å². The predicted molar refractivity (Wildman–Crippen MR) is 77.5 cm³/mol. The van der Waals surface area contributed by atoms with Crippen molar-refractivity contribution in [3.8, 4) is 0 Å². The second-order valence-electron chi connectivity index (χ2n) is 5.32. The van der Waals surface area contributed by atoms with Crippen LogP contribution in [0.15, 0.2) is 10.9 Å².